The fourth-order valence-electron chi connectivity index (χ4n) is 1.68. The number of nitrogens with one attached hydrogen (secondary N) is 2. The van der Waals surface area contributed by atoms with Crippen LogP contribution in [-0.4, -0.2) is 11.9 Å². The van der Waals surface area contributed by atoms with Crippen LogP contribution < -0.4 is 10.6 Å². The number of anilines is 2. The molecular weight excluding hydrogens is 370 g/mol. The van der Waals surface area contributed by atoms with Crippen molar-refractivity contribution >= 4 is 39.9 Å². The first kappa shape index (κ1) is 14.8. The average Bonchev–Trinajstić information content (AvgIpc) is 2.41. The molecule has 2 rings (SSSR count). The lowest BCUT2D eigenvalue weighted by Crippen LogP contribution is -2.31. The second-order valence-corrected chi connectivity index (χ2v) is 5.62. The third-order valence-corrected chi connectivity index (χ3v) is 3.38. The van der Waals surface area contributed by atoms with Crippen LogP contribution in [0, 0.1) is 9.39 Å². The molecule has 0 aromatic heterocycles. The second kappa shape index (κ2) is 6.69. The van der Waals surface area contributed by atoms with E-state index in [1.807, 2.05) is 24.3 Å². The first-order valence-corrected chi connectivity index (χ1v) is 7.21. The summed E-state index contributed by atoms with van der Waals surface area (Å²) in [6, 6.07) is 13.1. The molecule has 20 heavy (non-hydrogen) atoms. The largest absolute Gasteiger partial charge is 0.374 e. The maximum absolute atomic E-state index is 12.8. The van der Waals surface area contributed by atoms with Crippen molar-refractivity contribution in [1.29, 1.82) is 0 Å². The summed E-state index contributed by atoms with van der Waals surface area (Å²) in [5.41, 5.74) is 1.46. The summed E-state index contributed by atoms with van der Waals surface area (Å²) >= 11 is 2.22. The molecule has 0 aliphatic heterocycles. The molecule has 0 bridgehead atoms. The van der Waals surface area contributed by atoms with Crippen LogP contribution in [0.4, 0.5) is 15.8 Å². The van der Waals surface area contributed by atoms with Gasteiger partial charge in [-0.15, -0.1) is 0 Å². The number of benzene rings is 2. The van der Waals surface area contributed by atoms with Gasteiger partial charge in [0.05, 0.1) is 0 Å². The molecule has 1 amide bonds. The number of hydrogen-bond acceptors (Lipinski definition) is 2. The van der Waals surface area contributed by atoms with E-state index in [0.717, 1.165) is 9.26 Å². The lowest BCUT2D eigenvalue weighted by atomic mass is 10.2. The minimum absolute atomic E-state index is 0.171. The molecule has 0 heterocycles. The van der Waals surface area contributed by atoms with Crippen LogP contribution in [0.2, 0.25) is 0 Å². The molecule has 2 aromatic carbocycles. The normalized spacial score (nSPS) is 11.8. The minimum Gasteiger partial charge on any atom is -0.374 e. The maximum atomic E-state index is 12.8. The number of rotatable bonds is 4. The number of halogens is 2. The van der Waals surface area contributed by atoms with Crippen molar-refractivity contribution in [3.8, 4) is 0 Å². The van der Waals surface area contributed by atoms with Crippen LogP contribution in [0.3, 0.4) is 0 Å². The monoisotopic (exact) mass is 384 g/mol. The zero-order valence-electron chi connectivity index (χ0n) is 10.9. The van der Waals surface area contributed by atoms with Crippen LogP contribution >= 0.6 is 22.6 Å². The van der Waals surface area contributed by atoms with Gasteiger partial charge in [0.15, 0.2) is 0 Å². The molecule has 1 atom stereocenters. The molecule has 0 unspecified atom stereocenters. The zero-order chi connectivity index (χ0) is 14.5. The van der Waals surface area contributed by atoms with Crippen molar-refractivity contribution in [1.82, 2.24) is 0 Å². The van der Waals surface area contributed by atoms with Gasteiger partial charge in [0.1, 0.15) is 11.9 Å². The molecule has 2 aromatic rings. The summed E-state index contributed by atoms with van der Waals surface area (Å²) in [4.78, 5) is 12.0. The van der Waals surface area contributed by atoms with Crippen molar-refractivity contribution in [2.24, 2.45) is 0 Å². The highest BCUT2D eigenvalue weighted by atomic mass is 127. The Labute approximate surface area is 130 Å². The van der Waals surface area contributed by atoms with Crippen molar-refractivity contribution in [3.63, 3.8) is 0 Å². The van der Waals surface area contributed by atoms with E-state index in [2.05, 4.69) is 33.2 Å². The Morgan fingerprint density at radius 2 is 1.85 bits per heavy atom. The van der Waals surface area contributed by atoms with E-state index in [4.69, 9.17) is 0 Å². The van der Waals surface area contributed by atoms with Gasteiger partial charge < -0.3 is 10.6 Å². The van der Waals surface area contributed by atoms with Crippen molar-refractivity contribution in [2.45, 2.75) is 13.0 Å². The van der Waals surface area contributed by atoms with Crippen molar-refractivity contribution in [2.75, 3.05) is 10.6 Å². The van der Waals surface area contributed by atoms with E-state index in [1.165, 1.54) is 24.3 Å². The van der Waals surface area contributed by atoms with E-state index in [0.29, 0.717) is 5.69 Å². The maximum Gasteiger partial charge on any atom is 0.246 e. The fourth-order valence-corrected chi connectivity index (χ4v) is 2.22. The standard InChI is InChI=1S/C15H14FIN2O/c1-10(18-14-4-2-3-12(17)9-14)15(20)19-13-7-5-11(16)6-8-13/h2-10,18H,1H3,(H,19,20)/t10-/m1/s1. The van der Waals surface area contributed by atoms with Gasteiger partial charge in [-0.25, -0.2) is 4.39 Å². The smallest absolute Gasteiger partial charge is 0.246 e. The van der Waals surface area contributed by atoms with Gasteiger partial charge in [0, 0.05) is 14.9 Å². The number of carbonyl (C=O) groups excluding carboxylic acids is 1. The van der Waals surface area contributed by atoms with E-state index in [9.17, 15) is 9.18 Å². The topological polar surface area (TPSA) is 41.1 Å². The predicted molar refractivity (Wildman–Crippen MR) is 87.3 cm³/mol. The highest BCUT2D eigenvalue weighted by Gasteiger charge is 2.12. The molecule has 3 nitrogen and oxygen atoms in total. The van der Waals surface area contributed by atoms with Gasteiger partial charge in [0.2, 0.25) is 5.91 Å². The summed E-state index contributed by atoms with van der Waals surface area (Å²) in [6.45, 7) is 1.78. The van der Waals surface area contributed by atoms with Gasteiger partial charge in [-0.1, -0.05) is 6.07 Å². The van der Waals surface area contributed by atoms with Crippen LogP contribution in [-0.2, 0) is 4.79 Å². The molecule has 2 N–H and O–H groups in total. The zero-order valence-corrected chi connectivity index (χ0v) is 13.0. The van der Waals surface area contributed by atoms with E-state index in [1.54, 1.807) is 6.92 Å². The van der Waals surface area contributed by atoms with E-state index >= 15 is 0 Å². The number of carbonyl (C=O) groups is 1. The van der Waals surface area contributed by atoms with E-state index < -0.39 is 6.04 Å². The molecule has 0 fully saturated rings. The lowest BCUT2D eigenvalue weighted by molar-refractivity contribution is -0.116. The van der Waals surface area contributed by atoms with Gasteiger partial charge in [0.25, 0.3) is 0 Å². The van der Waals surface area contributed by atoms with E-state index in [-0.39, 0.29) is 11.7 Å². The Morgan fingerprint density at radius 1 is 1.15 bits per heavy atom. The molecule has 0 saturated carbocycles. The Hall–Kier alpha value is -1.63. The van der Waals surface area contributed by atoms with Gasteiger partial charge >= 0.3 is 0 Å². The summed E-state index contributed by atoms with van der Waals surface area (Å²) in [7, 11) is 0. The Bertz CT molecular complexity index is 601. The minimum atomic E-state index is -0.391. The summed E-state index contributed by atoms with van der Waals surface area (Å²) in [5.74, 6) is -0.497. The van der Waals surface area contributed by atoms with Crippen molar-refractivity contribution < 1.29 is 9.18 Å². The number of amides is 1. The molecule has 0 aliphatic rings. The number of hydrogen-bond donors (Lipinski definition) is 2. The summed E-state index contributed by atoms with van der Waals surface area (Å²) < 4.78 is 13.9. The van der Waals surface area contributed by atoms with Gasteiger partial charge in [-0.2, -0.15) is 0 Å². The average molecular weight is 384 g/mol. The molecule has 0 spiro atoms. The third-order valence-electron chi connectivity index (χ3n) is 2.71. The molecule has 0 aliphatic carbocycles. The predicted octanol–water partition coefficient (Wildman–Crippen LogP) is 3.87. The molecule has 0 radical (unpaired) electrons. The Balaban J connectivity index is 1.96. The lowest BCUT2D eigenvalue weighted by Gasteiger charge is -2.15. The van der Waals surface area contributed by atoms with Crippen LogP contribution in [0.5, 0.6) is 0 Å². The molecule has 5 heteroatoms. The molecule has 0 saturated heterocycles. The van der Waals surface area contributed by atoms with Crippen LogP contribution in [0.25, 0.3) is 0 Å². The van der Waals surface area contributed by atoms with Crippen LogP contribution in [0.15, 0.2) is 48.5 Å². The fraction of sp³-hybridized carbons (Fsp3) is 0.133. The first-order valence-electron chi connectivity index (χ1n) is 6.13. The molecular formula is C15H14FIN2O. The highest BCUT2D eigenvalue weighted by molar-refractivity contribution is 14.1. The Kier molecular flexibility index (Phi) is 4.94. The third kappa shape index (κ3) is 4.19. The summed E-state index contributed by atoms with van der Waals surface area (Å²) in [6.07, 6.45) is 0. The Morgan fingerprint density at radius 3 is 2.50 bits per heavy atom. The summed E-state index contributed by atoms with van der Waals surface area (Å²) in [5, 5.41) is 5.86. The second-order valence-electron chi connectivity index (χ2n) is 4.37. The van der Waals surface area contributed by atoms with Crippen LogP contribution in [0.1, 0.15) is 6.92 Å². The molecule has 104 valence electrons. The quantitative estimate of drug-likeness (QED) is 0.786. The van der Waals surface area contributed by atoms with Gasteiger partial charge in [-0.05, 0) is 72.0 Å². The SMILES string of the molecule is C[C@@H](Nc1cccc(I)c1)C(=O)Nc1ccc(F)cc1. The van der Waals surface area contributed by atoms with Crippen molar-refractivity contribution in [3.05, 3.63) is 57.9 Å². The van der Waals surface area contributed by atoms with Gasteiger partial charge in [-0.3, -0.25) is 4.79 Å². The first-order chi connectivity index (χ1) is 9.54. The highest BCUT2D eigenvalue weighted by Crippen LogP contribution is 2.14.